The van der Waals surface area contributed by atoms with E-state index in [0.29, 0.717) is 10.6 Å². The van der Waals surface area contributed by atoms with E-state index in [1.165, 1.54) is 11.3 Å². The Balaban J connectivity index is 2.44. The van der Waals surface area contributed by atoms with E-state index in [2.05, 4.69) is 5.32 Å². The van der Waals surface area contributed by atoms with Gasteiger partial charge < -0.3 is 15.2 Å². The number of hydrogen-bond acceptors (Lipinski definition) is 4. The second-order valence-corrected chi connectivity index (χ2v) is 6.03. The summed E-state index contributed by atoms with van der Waals surface area (Å²) in [4.78, 5) is 23.2. The van der Waals surface area contributed by atoms with Gasteiger partial charge in [0.05, 0.1) is 5.97 Å². The van der Waals surface area contributed by atoms with Gasteiger partial charge in [0.1, 0.15) is 5.00 Å². The van der Waals surface area contributed by atoms with Crippen LogP contribution in [-0.4, -0.2) is 11.9 Å². The fourth-order valence-electron chi connectivity index (χ4n) is 1.85. The van der Waals surface area contributed by atoms with Crippen molar-refractivity contribution in [3.05, 3.63) is 40.8 Å². The van der Waals surface area contributed by atoms with Crippen LogP contribution < -0.4 is 10.4 Å². The van der Waals surface area contributed by atoms with Crippen molar-refractivity contribution in [3.63, 3.8) is 0 Å². The smallest absolute Gasteiger partial charge is 0.227 e. The molecule has 0 saturated carbocycles. The van der Waals surface area contributed by atoms with Crippen LogP contribution >= 0.6 is 11.3 Å². The van der Waals surface area contributed by atoms with Crippen LogP contribution in [0.5, 0.6) is 0 Å². The topological polar surface area (TPSA) is 69.2 Å². The number of anilines is 1. The van der Waals surface area contributed by atoms with Crippen LogP contribution in [0, 0.1) is 12.8 Å². The van der Waals surface area contributed by atoms with E-state index >= 15 is 0 Å². The highest BCUT2D eigenvalue weighted by Crippen LogP contribution is 2.35. The van der Waals surface area contributed by atoms with Gasteiger partial charge in [-0.3, -0.25) is 4.79 Å². The molecule has 0 aliphatic rings. The first kappa shape index (κ1) is 15.3. The van der Waals surface area contributed by atoms with Gasteiger partial charge >= 0.3 is 0 Å². The summed E-state index contributed by atoms with van der Waals surface area (Å²) in [6.07, 6.45) is 0. The molecule has 21 heavy (non-hydrogen) atoms. The second-order valence-electron chi connectivity index (χ2n) is 5.15. The van der Waals surface area contributed by atoms with Gasteiger partial charge in [-0.2, -0.15) is 0 Å². The zero-order chi connectivity index (χ0) is 15.6. The number of amides is 1. The highest BCUT2D eigenvalue weighted by atomic mass is 32.1. The fraction of sp³-hybridized carbons (Fsp3) is 0.250. The van der Waals surface area contributed by atoms with Crippen molar-refractivity contribution in [1.29, 1.82) is 0 Å². The van der Waals surface area contributed by atoms with Gasteiger partial charge in [-0.1, -0.05) is 43.7 Å². The Morgan fingerprint density at radius 2 is 1.81 bits per heavy atom. The Labute approximate surface area is 127 Å². The van der Waals surface area contributed by atoms with Gasteiger partial charge in [-0.05, 0) is 12.5 Å². The van der Waals surface area contributed by atoms with Gasteiger partial charge in [0.2, 0.25) is 5.91 Å². The molecule has 1 N–H and O–H groups in total. The molecule has 0 unspecified atom stereocenters. The number of carboxylic acid groups (broad SMARTS) is 1. The minimum Gasteiger partial charge on any atom is -0.545 e. The minimum atomic E-state index is -1.29. The molecule has 4 nitrogen and oxygen atoms in total. The number of rotatable bonds is 4. The molecule has 5 heteroatoms. The standard InChI is InChI=1S/C16H17NO3S/c1-9(2)14(18)17-15-13(16(19)20)12(8-21-15)11-6-4-10(3)5-7-11/h4-9H,1-3H3,(H,17,18)(H,19,20)/p-1. The average molecular weight is 302 g/mol. The van der Waals surface area contributed by atoms with Crippen LogP contribution in [0.25, 0.3) is 11.1 Å². The third-order valence-corrected chi connectivity index (χ3v) is 4.01. The van der Waals surface area contributed by atoms with E-state index in [0.717, 1.165) is 11.1 Å². The summed E-state index contributed by atoms with van der Waals surface area (Å²) in [6.45, 7) is 5.47. The summed E-state index contributed by atoms with van der Waals surface area (Å²) in [7, 11) is 0. The molecule has 110 valence electrons. The Morgan fingerprint density at radius 3 is 2.33 bits per heavy atom. The van der Waals surface area contributed by atoms with Crippen molar-refractivity contribution in [2.45, 2.75) is 20.8 Å². The van der Waals surface area contributed by atoms with Crippen molar-refractivity contribution >= 4 is 28.2 Å². The zero-order valence-electron chi connectivity index (χ0n) is 12.1. The van der Waals surface area contributed by atoms with E-state index < -0.39 is 5.97 Å². The molecule has 0 fully saturated rings. The molecule has 0 atom stereocenters. The Hall–Kier alpha value is -2.14. The predicted octanol–water partition coefficient (Wildman–Crippen LogP) is 2.68. The van der Waals surface area contributed by atoms with Crippen LogP contribution in [0.3, 0.4) is 0 Å². The maximum absolute atomic E-state index is 11.8. The third-order valence-electron chi connectivity index (χ3n) is 3.12. The fourth-order valence-corrected chi connectivity index (χ4v) is 2.81. The molecule has 0 radical (unpaired) electrons. The highest BCUT2D eigenvalue weighted by Gasteiger charge is 2.17. The largest absolute Gasteiger partial charge is 0.545 e. The van der Waals surface area contributed by atoms with Crippen LogP contribution in [0.1, 0.15) is 29.8 Å². The van der Waals surface area contributed by atoms with Crippen LogP contribution in [-0.2, 0) is 4.79 Å². The van der Waals surface area contributed by atoms with Crippen LogP contribution in [0.4, 0.5) is 5.00 Å². The first-order valence-corrected chi connectivity index (χ1v) is 7.49. The average Bonchev–Trinajstić information content (AvgIpc) is 2.83. The molecule has 0 bridgehead atoms. The lowest BCUT2D eigenvalue weighted by molar-refractivity contribution is -0.254. The van der Waals surface area contributed by atoms with Crippen LogP contribution in [0.15, 0.2) is 29.6 Å². The summed E-state index contributed by atoms with van der Waals surface area (Å²) in [5.41, 5.74) is 2.50. The molecule has 2 rings (SSSR count). The number of nitrogens with one attached hydrogen (secondary N) is 1. The number of carbonyl (C=O) groups excluding carboxylic acids is 2. The van der Waals surface area contributed by atoms with Crippen molar-refractivity contribution in [1.82, 2.24) is 0 Å². The summed E-state index contributed by atoms with van der Waals surface area (Å²) in [5.74, 6) is -1.72. The monoisotopic (exact) mass is 302 g/mol. The maximum Gasteiger partial charge on any atom is 0.227 e. The normalized spacial score (nSPS) is 10.7. The number of aryl methyl sites for hydroxylation is 1. The highest BCUT2D eigenvalue weighted by molar-refractivity contribution is 7.15. The van der Waals surface area contributed by atoms with Crippen molar-refractivity contribution in [3.8, 4) is 11.1 Å². The lowest BCUT2D eigenvalue weighted by Crippen LogP contribution is -2.25. The molecule has 1 aromatic carbocycles. The summed E-state index contributed by atoms with van der Waals surface area (Å²) in [6, 6.07) is 7.55. The Kier molecular flexibility index (Phi) is 4.43. The lowest BCUT2D eigenvalue weighted by atomic mass is 10.0. The van der Waals surface area contributed by atoms with Gasteiger partial charge in [0.15, 0.2) is 0 Å². The SMILES string of the molecule is Cc1ccc(-c2csc(NC(=O)C(C)C)c2C(=O)[O-])cc1. The number of hydrogen-bond donors (Lipinski definition) is 1. The third kappa shape index (κ3) is 3.31. The van der Waals surface area contributed by atoms with Gasteiger partial charge in [-0.25, -0.2) is 0 Å². The van der Waals surface area contributed by atoms with Crippen molar-refractivity contribution in [2.24, 2.45) is 5.92 Å². The first-order valence-electron chi connectivity index (χ1n) is 6.61. The molecule has 2 aromatic rings. The van der Waals surface area contributed by atoms with Gasteiger partial charge in [0, 0.05) is 22.4 Å². The quantitative estimate of drug-likeness (QED) is 0.944. The number of benzene rings is 1. The molecule has 1 aromatic heterocycles. The predicted molar refractivity (Wildman–Crippen MR) is 82.3 cm³/mol. The molecular formula is C16H16NO3S-. The second kappa shape index (κ2) is 6.10. The van der Waals surface area contributed by atoms with E-state index in [4.69, 9.17) is 0 Å². The van der Waals surface area contributed by atoms with Crippen molar-refractivity contribution in [2.75, 3.05) is 5.32 Å². The molecule has 0 aliphatic heterocycles. The zero-order valence-corrected chi connectivity index (χ0v) is 12.9. The van der Waals surface area contributed by atoms with E-state index in [9.17, 15) is 14.7 Å². The summed E-state index contributed by atoms with van der Waals surface area (Å²) >= 11 is 1.20. The molecular weight excluding hydrogens is 286 g/mol. The number of carboxylic acids is 1. The van der Waals surface area contributed by atoms with Gasteiger partial charge in [-0.15, -0.1) is 11.3 Å². The lowest BCUT2D eigenvalue weighted by Gasteiger charge is -2.11. The number of aromatic carboxylic acids is 1. The molecule has 1 amide bonds. The molecule has 0 aliphatic carbocycles. The number of thiophene rings is 1. The van der Waals surface area contributed by atoms with Crippen LogP contribution in [0.2, 0.25) is 0 Å². The van der Waals surface area contributed by atoms with E-state index in [-0.39, 0.29) is 17.4 Å². The number of carbonyl (C=O) groups is 2. The molecule has 0 spiro atoms. The molecule has 0 saturated heterocycles. The summed E-state index contributed by atoms with van der Waals surface area (Å²) in [5, 5.41) is 16.1. The van der Waals surface area contributed by atoms with Gasteiger partial charge in [0.25, 0.3) is 0 Å². The molecule has 1 heterocycles. The first-order chi connectivity index (χ1) is 9.90. The van der Waals surface area contributed by atoms with E-state index in [1.54, 1.807) is 19.2 Å². The Bertz CT molecular complexity index is 671. The summed E-state index contributed by atoms with van der Waals surface area (Å²) < 4.78 is 0. The minimum absolute atomic E-state index is 0.0397. The maximum atomic E-state index is 11.8. The van der Waals surface area contributed by atoms with Crippen molar-refractivity contribution < 1.29 is 14.7 Å². The van der Waals surface area contributed by atoms with E-state index in [1.807, 2.05) is 31.2 Å². The Morgan fingerprint density at radius 1 is 1.19 bits per heavy atom.